The lowest BCUT2D eigenvalue weighted by Gasteiger charge is -2.34. The maximum Gasteiger partial charge on any atom is 0.262 e. The van der Waals surface area contributed by atoms with E-state index in [-0.39, 0.29) is 29.8 Å². The van der Waals surface area contributed by atoms with E-state index in [2.05, 4.69) is 5.32 Å². The Kier molecular flexibility index (Phi) is 5.54. The summed E-state index contributed by atoms with van der Waals surface area (Å²) in [5.74, 6) is -1.08. The van der Waals surface area contributed by atoms with Gasteiger partial charge in [-0.25, -0.2) is 0 Å². The van der Waals surface area contributed by atoms with Gasteiger partial charge in [-0.15, -0.1) is 0 Å². The first-order valence-corrected chi connectivity index (χ1v) is 9.68. The summed E-state index contributed by atoms with van der Waals surface area (Å²) >= 11 is 0. The predicted molar refractivity (Wildman–Crippen MR) is 104 cm³/mol. The summed E-state index contributed by atoms with van der Waals surface area (Å²) in [6, 6.07) is 6.53. The van der Waals surface area contributed by atoms with Crippen LogP contribution in [0.25, 0.3) is 0 Å². The van der Waals surface area contributed by atoms with Crippen molar-refractivity contribution in [3.05, 3.63) is 35.4 Å². The van der Waals surface area contributed by atoms with Crippen molar-refractivity contribution in [2.24, 2.45) is 5.41 Å². The smallest absolute Gasteiger partial charge is 0.262 e. The standard InChI is InChI=1S/C21H27N3O4/c1-21(2,3)12-18(26)23-10-8-14(9-11-23)22-17(25)13-24-19(27)15-6-4-5-7-16(15)20(24)28/h4-7,14H,8-13H2,1-3H3,(H,22,25). The third kappa shape index (κ3) is 4.40. The van der Waals surface area contributed by atoms with Crippen LogP contribution >= 0.6 is 0 Å². The second kappa shape index (κ2) is 7.73. The summed E-state index contributed by atoms with van der Waals surface area (Å²) in [6.45, 7) is 7.04. The number of carbonyl (C=O) groups is 4. The number of amides is 4. The molecule has 28 heavy (non-hydrogen) atoms. The van der Waals surface area contributed by atoms with Crippen molar-refractivity contribution in [3.63, 3.8) is 0 Å². The van der Waals surface area contributed by atoms with Gasteiger partial charge in [0, 0.05) is 25.6 Å². The minimum Gasteiger partial charge on any atom is -0.352 e. The molecule has 0 saturated carbocycles. The number of nitrogens with one attached hydrogen (secondary N) is 1. The molecule has 3 rings (SSSR count). The third-order valence-electron chi connectivity index (χ3n) is 5.07. The van der Waals surface area contributed by atoms with Gasteiger partial charge in [-0.1, -0.05) is 32.9 Å². The second-order valence-corrected chi connectivity index (χ2v) is 8.70. The van der Waals surface area contributed by atoms with E-state index in [1.807, 2.05) is 25.7 Å². The van der Waals surface area contributed by atoms with E-state index < -0.39 is 11.8 Å². The molecule has 0 bridgehead atoms. The minimum atomic E-state index is -0.432. The molecule has 1 fully saturated rings. The largest absolute Gasteiger partial charge is 0.352 e. The third-order valence-corrected chi connectivity index (χ3v) is 5.07. The molecule has 2 aliphatic heterocycles. The molecule has 7 heteroatoms. The molecule has 7 nitrogen and oxygen atoms in total. The van der Waals surface area contributed by atoms with Crippen LogP contribution in [0, 0.1) is 5.41 Å². The van der Waals surface area contributed by atoms with Gasteiger partial charge >= 0.3 is 0 Å². The Hall–Kier alpha value is -2.70. The Bertz CT molecular complexity index is 769. The number of carbonyl (C=O) groups excluding carboxylic acids is 4. The summed E-state index contributed by atoms with van der Waals surface area (Å²) in [6.07, 6.45) is 1.84. The molecule has 1 aromatic rings. The lowest BCUT2D eigenvalue weighted by atomic mass is 9.91. The molecule has 2 heterocycles. The molecule has 0 aliphatic carbocycles. The first-order chi connectivity index (χ1) is 13.2. The van der Waals surface area contributed by atoms with Crippen molar-refractivity contribution in [1.29, 1.82) is 0 Å². The number of nitrogens with zero attached hydrogens (tertiary/aromatic N) is 2. The van der Waals surface area contributed by atoms with Gasteiger partial charge in [0.2, 0.25) is 11.8 Å². The van der Waals surface area contributed by atoms with Crippen LogP contribution < -0.4 is 5.32 Å². The number of rotatable bonds is 4. The zero-order valence-electron chi connectivity index (χ0n) is 16.7. The molecule has 0 atom stereocenters. The molecule has 1 aromatic carbocycles. The van der Waals surface area contributed by atoms with Crippen LogP contribution in [0.5, 0.6) is 0 Å². The Morgan fingerprint density at radius 2 is 1.57 bits per heavy atom. The summed E-state index contributed by atoms with van der Waals surface area (Å²) in [4.78, 5) is 52.2. The zero-order valence-corrected chi connectivity index (χ0v) is 16.7. The van der Waals surface area contributed by atoms with Gasteiger partial charge in [0.25, 0.3) is 11.8 Å². The quantitative estimate of drug-likeness (QED) is 0.801. The SMILES string of the molecule is CC(C)(C)CC(=O)N1CCC(NC(=O)CN2C(=O)c3ccccc3C2=O)CC1. The Morgan fingerprint density at radius 3 is 2.07 bits per heavy atom. The van der Waals surface area contributed by atoms with Crippen LogP contribution in [0.15, 0.2) is 24.3 Å². The van der Waals surface area contributed by atoms with Crippen LogP contribution in [0.3, 0.4) is 0 Å². The van der Waals surface area contributed by atoms with Crippen LogP contribution in [0.1, 0.15) is 60.7 Å². The van der Waals surface area contributed by atoms with Crippen molar-refractivity contribution in [3.8, 4) is 0 Å². The van der Waals surface area contributed by atoms with Gasteiger partial charge in [-0.3, -0.25) is 24.1 Å². The summed E-state index contributed by atoms with van der Waals surface area (Å²) in [7, 11) is 0. The van der Waals surface area contributed by atoms with Crippen molar-refractivity contribution in [1.82, 2.24) is 15.1 Å². The van der Waals surface area contributed by atoms with Gasteiger partial charge < -0.3 is 10.2 Å². The second-order valence-electron chi connectivity index (χ2n) is 8.70. The van der Waals surface area contributed by atoms with Gasteiger partial charge in [0.15, 0.2) is 0 Å². The summed E-state index contributed by atoms with van der Waals surface area (Å²) in [5.41, 5.74) is 0.631. The highest BCUT2D eigenvalue weighted by Gasteiger charge is 2.36. The highest BCUT2D eigenvalue weighted by Crippen LogP contribution is 2.23. The molecule has 0 radical (unpaired) electrons. The number of likely N-dealkylation sites (tertiary alicyclic amines) is 1. The van der Waals surface area contributed by atoms with Crippen LogP contribution in [-0.2, 0) is 9.59 Å². The lowest BCUT2D eigenvalue weighted by molar-refractivity contribution is -0.134. The van der Waals surface area contributed by atoms with Crippen molar-refractivity contribution >= 4 is 23.6 Å². The molecule has 2 aliphatic rings. The highest BCUT2D eigenvalue weighted by molar-refractivity contribution is 6.22. The van der Waals surface area contributed by atoms with Gasteiger partial charge in [-0.05, 0) is 30.4 Å². The van der Waals surface area contributed by atoms with Crippen molar-refractivity contribution in [2.45, 2.75) is 46.1 Å². The Labute approximate surface area is 165 Å². The maximum atomic E-state index is 12.4. The van der Waals surface area contributed by atoms with E-state index in [1.54, 1.807) is 24.3 Å². The molecule has 150 valence electrons. The fraction of sp³-hybridized carbons (Fsp3) is 0.524. The Balaban J connectivity index is 1.49. The van der Waals surface area contributed by atoms with Crippen molar-refractivity contribution in [2.75, 3.05) is 19.6 Å². The maximum absolute atomic E-state index is 12.4. The molecular formula is C21H27N3O4. The summed E-state index contributed by atoms with van der Waals surface area (Å²) < 4.78 is 0. The lowest BCUT2D eigenvalue weighted by Crippen LogP contribution is -2.49. The van der Waals surface area contributed by atoms with E-state index in [4.69, 9.17) is 0 Å². The number of fused-ring (bicyclic) bond motifs is 1. The zero-order chi connectivity index (χ0) is 20.5. The van der Waals surface area contributed by atoms with Gasteiger partial charge in [-0.2, -0.15) is 0 Å². The van der Waals surface area contributed by atoms with Crippen LogP contribution in [-0.4, -0.2) is 59.1 Å². The molecule has 1 N–H and O–H groups in total. The summed E-state index contributed by atoms with van der Waals surface area (Å²) in [5, 5.41) is 2.90. The minimum absolute atomic E-state index is 0.0471. The van der Waals surface area contributed by atoms with Crippen molar-refractivity contribution < 1.29 is 19.2 Å². The molecule has 0 aromatic heterocycles. The van der Waals surface area contributed by atoms with E-state index in [9.17, 15) is 19.2 Å². The van der Waals surface area contributed by atoms with E-state index in [1.165, 1.54) is 0 Å². The van der Waals surface area contributed by atoms with E-state index >= 15 is 0 Å². The number of hydrogen-bond acceptors (Lipinski definition) is 4. The first-order valence-electron chi connectivity index (χ1n) is 9.68. The van der Waals surface area contributed by atoms with Crippen LogP contribution in [0.2, 0.25) is 0 Å². The normalized spacial score (nSPS) is 17.7. The first kappa shape index (κ1) is 20.0. The molecule has 1 saturated heterocycles. The topological polar surface area (TPSA) is 86.8 Å². The van der Waals surface area contributed by atoms with E-state index in [0.29, 0.717) is 43.5 Å². The molecule has 0 spiro atoms. The monoisotopic (exact) mass is 385 g/mol. The molecular weight excluding hydrogens is 358 g/mol. The molecule has 4 amide bonds. The van der Waals surface area contributed by atoms with Gasteiger partial charge in [0.1, 0.15) is 6.54 Å². The average Bonchev–Trinajstić information content (AvgIpc) is 2.86. The number of piperidine rings is 1. The fourth-order valence-corrected chi connectivity index (χ4v) is 3.64. The van der Waals surface area contributed by atoms with Gasteiger partial charge in [0.05, 0.1) is 11.1 Å². The Morgan fingerprint density at radius 1 is 1.04 bits per heavy atom. The molecule has 0 unspecified atom stereocenters. The van der Waals surface area contributed by atoms with Crippen LogP contribution in [0.4, 0.5) is 0 Å². The predicted octanol–water partition coefficient (Wildman–Crippen LogP) is 1.83. The van der Waals surface area contributed by atoms with E-state index in [0.717, 1.165) is 4.90 Å². The average molecular weight is 385 g/mol. The number of hydrogen-bond donors (Lipinski definition) is 1. The fourth-order valence-electron chi connectivity index (χ4n) is 3.64. The number of benzene rings is 1. The highest BCUT2D eigenvalue weighted by atomic mass is 16.2. The number of imide groups is 1.